The van der Waals surface area contributed by atoms with Gasteiger partial charge in [-0.05, 0) is 44.2 Å². The third-order valence-electron chi connectivity index (χ3n) is 4.41. The van der Waals surface area contributed by atoms with Gasteiger partial charge in [-0.3, -0.25) is 0 Å². The molecule has 0 saturated carbocycles. The molecule has 1 aromatic heterocycles. The largest absolute Gasteiger partial charge is 0.493 e. The molecule has 0 fully saturated rings. The van der Waals surface area contributed by atoms with Crippen molar-refractivity contribution in [2.24, 2.45) is 0 Å². The second-order valence-corrected chi connectivity index (χ2v) is 7.23. The second-order valence-electron chi connectivity index (χ2n) is 7.23. The van der Waals surface area contributed by atoms with E-state index in [0.29, 0.717) is 36.0 Å². The summed E-state index contributed by atoms with van der Waals surface area (Å²) in [6.07, 6.45) is 2.22. The van der Waals surface area contributed by atoms with Crippen LogP contribution in [0.3, 0.4) is 0 Å². The van der Waals surface area contributed by atoms with Gasteiger partial charge in [-0.15, -0.1) is 0 Å². The van der Waals surface area contributed by atoms with E-state index in [1.165, 1.54) is 13.8 Å². The number of oxazole rings is 1. The number of aromatic nitrogens is 1. The van der Waals surface area contributed by atoms with Crippen molar-refractivity contribution >= 4 is 5.97 Å². The standard InChI is InChI=1S/C23H25NO6/c1-23(2,22(25)26)30-20-10-9-19(13-17(20)14-27-3)28-12-11-18-15-29-21(24-18)16-7-5-4-6-8-16/h4-10,13,15H,11-12,14H2,1-3H3,(H,25,26). The van der Waals surface area contributed by atoms with Gasteiger partial charge in [-0.1, -0.05) is 18.2 Å². The summed E-state index contributed by atoms with van der Waals surface area (Å²) in [5, 5.41) is 9.28. The number of carboxylic acid groups (broad SMARTS) is 1. The predicted molar refractivity (Wildman–Crippen MR) is 111 cm³/mol. The van der Waals surface area contributed by atoms with E-state index in [9.17, 15) is 9.90 Å². The SMILES string of the molecule is COCc1cc(OCCc2coc(-c3ccccc3)n2)ccc1OC(C)(C)C(=O)O. The van der Waals surface area contributed by atoms with Gasteiger partial charge in [0, 0.05) is 24.7 Å². The molecule has 0 radical (unpaired) electrons. The zero-order valence-corrected chi connectivity index (χ0v) is 17.3. The lowest BCUT2D eigenvalue weighted by atomic mass is 10.1. The Morgan fingerprint density at radius 3 is 2.63 bits per heavy atom. The maximum atomic E-state index is 11.3. The van der Waals surface area contributed by atoms with Gasteiger partial charge in [0.15, 0.2) is 5.60 Å². The number of nitrogens with zero attached hydrogens (tertiary/aromatic N) is 1. The van der Waals surface area contributed by atoms with Gasteiger partial charge in [-0.25, -0.2) is 9.78 Å². The molecule has 3 aromatic rings. The van der Waals surface area contributed by atoms with Crippen LogP contribution in [0.15, 0.2) is 59.2 Å². The number of ether oxygens (including phenoxy) is 3. The second kappa shape index (κ2) is 9.45. The van der Waals surface area contributed by atoms with Crippen LogP contribution in [0.25, 0.3) is 11.5 Å². The fourth-order valence-corrected chi connectivity index (χ4v) is 2.74. The fraction of sp³-hybridized carbons (Fsp3) is 0.304. The van der Waals surface area contributed by atoms with E-state index in [0.717, 1.165) is 11.3 Å². The smallest absolute Gasteiger partial charge is 0.347 e. The quantitative estimate of drug-likeness (QED) is 0.530. The summed E-state index contributed by atoms with van der Waals surface area (Å²) in [6, 6.07) is 14.9. The minimum atomic E-state index is -1.35. The molecule has 0 aliphatic rings. The van der Waals surface area contributed by atoms with Gasteiger partial charge in [0.25, 0.3) is 0 Å². The molecular formula is C23H25NO6. The van der Waals surface area contributed by atoms with Crippen molar-refractivity contribution in [2.45, 2.75) is 32.5 Å². The highest BCUT2D eigenvalue weighted by Gasteiger charge is 2.30. The Kier molecular flexibility index (Phi) is 6.74. The van der Waals surface area contributed by atoms with Gasteiger partial charge in [0.1, 0.15) is 17.8 Å². The minimum Gasteiger partial charge on any atom is -0.493 e. The highest BCUT2D eigenvalue weighted by molar-refractivity contribution is 5.76. The third-order valence-corrected chi connectivity index (χ3v) is 4.41. The number of carboxylic acids is 1. The van der Waals surface area contributed by atoms with Crippen molar-refractivity contribution in [1.82, 2.24) is 4.98 Å². The molecule has 0 aliphatic heterocycles. The Labute approximate surface area is 175 Å². The zero-order chi connectivity index (χ0) is 21.6. The van der Waals surface area contributed by atoms with Gasteiger partial charge in [-0.2, -0.15) is 0 Å². The Morgan fingerprint density at radius 1 is 1.17 bits per heavy atom. The average molecular weight is 411 g/mol. The average Bonchev–Trinajstić information content (AvgIpc) is 3.19. The Balaban J connectivity index is 1.62. The van der Waals surface area contributed by atoms with E-state index in [1.807, 2.05) is 30.3 Å². The van der Waals surface area contributed by atoms with Crippen LogP contribution in [0.2, 0.25) is 0 Å². The summed E-state index contributed by atoms with van der Waals surface area (Å²) in [5.74, 6) is 0.610. The van der Waals surface area contributed by atoms with Gasteiger partial charge >= 0.3 is 5.97 Å². The summed E-state index contributed by atoms with van der Waals surface area (Å²) in [7, 11) is 1.56. The minimum absolute atomic E-state index is 0.270. The highest BCUT2D eigenvalue weighted by Crippen LogP contribution is 2.28. The van der Waals surface area contributed by atoms with Crippen molar-refractivity contribution in [3.8, 4) is 23.0 Å². The van der Waals surface area contributed by atoms with E-state index in [4.69, 9.17) is 18.6 Å². The van der Waals surface area contributed by atoms with Gasteiger partial charge in [0.05, 0.1) is 18.9 Å². The first kappa shape index (κ1) is 21.4. The summed E-state index contributed by atoms with van der Waals surface area (Å²) >= 11 is 0. The molecule has 2 aromatic carbocycles. The number of methoxy groups -OCH3 is 1. The first-order valence-electron chi connectivity index (χ1n) is 9.56. The third kappa shape index (κ3) is 5.39. The molecule has 0 unspecified atom stereocenters. The van der Waals surface area contributed by atoms with Crippen LogP contribution in [-0.4, -0.2) is 35.4 Å². The molecule has 7 nitrogen and oxygen atoms in total. The lowest BCUT2D eigenvalue weighted by molar-refractivity contribution is -0.152. The molecule has 0 atom stereocenters. The van der Waals surface area contributed by atoms with Crippen molar-refractivity contribution in [2.75, 3.05) is 13.7 Å². The van der Waals surface area contributed by atoms with Gasteiger partial charge < -0.3 is 23.7 Å². The molecule has 3 rings (SSSR count). The van der Waals surface area contributed by atoms with Crippen LogP contribution < -0.4 is 9.47 Å². The molecule has 0 bridgehead atoms. The topological polar surface area (TPSA) is 91.0 Å². The number of rotatable bonds is 10. The first-order valence-corrected chi connectivity index (χ1v) is 9.56. The number of hydrogen-bond acceptors (Lipinski definition) is 6. The number of hydrogen-bond donors (Lipinski definition) is 1. The normalized spacial score (nSPS) is 11.3. The van der Waals surface area contributed by atoms with Crippen molar-refractivity contribution in [1.29, 1.82) is 0 Å². The predicted octanol–water partition coefficient (Wildman–Crippen LogP) is 4.35. The summed E-state index contributed by atoms with van der Waals surface area (Å²) in [6.45, 7) is 3.68. The number of carbonyl (C=O) groups is 1. The van der Waals surface area contributed by atoms with Gasteiger partial charge in [0.2, 0.25) is 5.89 Å². The molecule has 1 N–H and O–H groups in total. The van der Waals surface area contributed by atoms with E-state index < -0.39 is 11.6 Å². The molecule has 0 amide bonds. The summed E-state index contributed by atoms with van der Waals surface area (Å²) in [5.41, 5.74) is 1.08. The maximum Gasteiger partial charge on any atom is 0.347 e. The Morgan fingerprint density at radius 2 is 1.93 bits per heavy atom. The van der Waals surface area contributed by atoms with Crippen molar-refractivity contribution in [3.63, 3.8) is 0 Å². The van der Waals surface area contributed by atoms with Crippen LogP contribution in [0.1, 0.15) is 25.1 Å². The summed E-state index contributed by atoms with van der Waals surface area (Å²) < 4.78 is 22.2. The van der Waals surface area contributed by atoms with E-state index in [-0.39, 0.29) is 6.61 Å². The fourth-order valence-electron chi connectivity index (χ4n) is 2.74. The Bertz CT molecular complexity index is 980. The van der Waals surface area contributed by atoms with Crippen LogP contribution in [0, 0.1) is 0 Å². The summed E-state index contributed by atoms with van der Waals surface area (Å²) in [4.78, 5) is 15.8. The molecular weight excluding hydrogens is 386 g/mol. The first-order chi connectivity index (χ1) is 14.4. The van der Waals surface area contributed by atoms with Crippen LogP contribution >= 0.6 is 0 Å². The number of benzene rings is 2. The Hall–Kier alpha value is -3.32. The van der Waals surface area contributed by atoms with Crippen LogP contribution in [-0.2, 0) is 22.6 Å². The monoisotopic (exact) mass is 411 g/mol. The lowest BCUT2D eigenvalue weighted by Gasteiger charge is -2.23. The van der Waals surface area contributed by atoms with E-state index in [2.05, 4.69) is 4.98 Å². The zero-order valence-electron chi connectivity index (χ0n) is 17.3. The molecule has 30 heavy (non-hydrogen) atoms. The van der Waals surface area contributed by atoms with Crippen molar-refractivity contribution < 1.29 is 28.5 Å². The molecule has 0 aliphatic carbocycles. The van der Waals surface area contributed by atoms with Crippen LogP contribution in [0.4, 0.5) is 0 Å². The number of aliphatic carboxylic acids is 1. The molecule has 158 valence electrons. The molecule has 0 spiro atoms. The molecule has 0 saturated heterocycles. The highest BCUT2D eigenvalue weighted by atomic mass is 16.5. The molecule has 1 heterocycles. The van der Waals surface area contributed by atoms with E-state index >= 15 is 0 Å². The maximum absolute atomic E-state index is 11.3. The van der Waals surface area contributed by atoms with Crippen LogP contribution in [0.5, 0.6) is 11.5 Å². The molecule has 7 heteroatoms. The lowest BCUT2D eigenvalue weighted by Crippen LogP contribution is -2.38. The van der Waals surface area contributed by atoms with E-state index in [1.54, 1.807) is 31.6 Å². The van der Waals surface area contributed by atoms with Crippen molar-refractivity contribution in [3.05, 3.63) is 66.1 Å².